The van der Waals surface area contributed by atoms with Gasteiger partial charge in [0.1, 0.15) is 0 Å². The van der Waals surface area contributed by atoms with Gasteiger partial charge in [0.05, 0.1) is 123 Å². The molecule has 0 unspecified atom stereocenters. The zero-order chi connectivity index (χ0) is 35.7. The van der Waals surface area contributed by atoms with E-state index >= 15 is 0 Å². The van der Waals surface area contributed by atoms with E-state index in [9.17, 15) is 24.3 Å². The van der Waals surface area contributed by atoms with Crippen LogP contribution in [-0.2, 0) is 57.1 Å². The summed E-state index contributed by atoms with van der Waals surface area (Å²) in [6.45, 7) is 6.12. The van der Waals surface area contributed by atoms with Gasteiger partial charge in [0.25, 0.3) is 17.7 Å². The van der Waals surface area contributed by atoms with Crippen LogP contribution >= 0.6 is 0 Å². The summed E-state index contributed by atoms with van der Waals surface area (Å²) in [7, 11) is 0. The predicted molar refractivity (Wildman–Crippen MR) is 172 cm³/mol. The van der Waals surface area contributed by atoms with E-state index in [1.807, 2.05) is 0 Å². The van der Waals surface area contributed by atoms with Crippen LogP contribution in [0.5, 0.6) is 5.88 Å². The molecule has 18 heteroatoms. The lowest BCUT2D eigenvalue weighted by Gasteiger charge is -2.12. The van der Waals surface area contributed by atoms with Crippen molar-refractivity contribution in [2.75, 3.05) is 112 Å². The number of para-hydroxylation sites is 2. The minimum atomic E-state index is -0.707. The molecule has 0 aliphatic carbocycles. The molecule has 50 heavy (non-hydrogen) atoms. The molecule has 2 N–H and O–H groups in total. The van der Waals surface area contributed by atoms with Crippen molar-refractivity contribution in [2.45, 2.75) is 19.3 Å². The normalized spacial score (nSPS) is 13.0. The number of hydrogen-bond donors (Lipinski definition) is 2. The standard InChI is InChI=1S/C32H46N4O14/c37-27-5-6-28(38)36(27)50-29(39)7-9-42-11-13-44-15-17-46-19-21-48-23-24-49-22-20-47-18-16-45-14-12-43-10-8-33-31(40)30-32(41)35-26-4-2-1-3-25(26)34-30/h1-4H,5-24H2,(H,33,40)(H,35,41). The highest BCUT2D eigenvalue weighted by molar-refractivity contribution is 6.01. The van der Waals surface area contributed by atoms with Crippen LogP contribution in [0.1, 0.15) is 29.8 Å². The van der Waals surface area contributed by atoms with Crippen molar-refractivity contribution in [3.05, 3.63) is 30.0 Å². The van der Waals surface area contributed by atoms with Crippen molar-refractivity contribution in [1.29, 1.82) is 0 Å². The molecule has 3 amide bonds. The molecule has 1 aromatic carbocycles. The number of aromatic hydroxyl groups is 1. The molecule has 0 spiro atoms. The average Bonchev–Trinajstić information content (AvgIpc) is 3.42. The van der Waals surface area contributed by atoms with Gasteiger partial charge in [-0.2, -0.15) is 0 Å². The van der Waals surface area contributed by atoms with E-state index in [2.05, 4.69) is 15.3 Å². The number of benzene rings is 1. The quantitative estimate of drug-likeness (QED) is 0.0852. The number of carbonyl (C=O) groups excluding carboxylic acids is 4. The summed E-state index contributed by atoms with van der Waals surface area (Å²) in [6.07, 6.45) is 0.0214. The Labute approximate surface area is 289 Å². The van der Waals surface area contributed by atoms with Crippen LogP contribution in [0.4, 0.5) is 0 Å². The highest BCUT2D eigenvalue weighted by Gasteiger charge is 2.32. The van der Waals surface area contributed by atoms with Gasteiger partial charge in [-0.1, -0.05) is 12.1 Å². The van der Waals surface area contributed by atoms with Gasteiger partial charge in [-0.25, -0.2) is 14.8 Å². The lowest BCUT2D eigenvalue weighted by atomic mass is 10.3. The Morgan fingerprint density at radius 3 is 1.48 bits per heavy atom. The van der Waals surface area contributed by atoms with Gasteiger partial charge >= 0.3 is 5.97 Å². The molecule has 3 rings (SSSR count). The van der Waals surface area contributed by atoms with E-state index in [0.29, 0.717) is 102 Å². The van der Waals surface area contributed by atoms with E-state index < -0.39 is 29.6 Å². The zero-order valence-electron chi connectivity index (χ0n) is 28.0. The van der Waals surface area contributed by atoms with Gasteiger partial charge < -0.3 is 53.2 Å². The van der Waals surface area contributed by atoms with E-state index in [1.54, 1.807) is 24.3 Å². The largest absolute Gasteiger partial charge is 0.492 e. The number of nitrogens with zero attached hydrogens (tertiary/aromatic N) is 3. The number of nitrogens with one attached hydrogen (secondary N) is 1. The fraction of sp³-hybridized carbons (Fsp3) is 0.625. The van der Waals surface area contributed by atoms with Crippen LogP contribution < -0.4 is 5.32 Å². The third-order valence-corrected chi connectivity index (χ3v) is 6.55. The second kappa shape index (κ2) is 25.1. The van der Waals surface area contributed by atoms with Crippen LogP contribution in [0.15, 0.2) is 24.3 Å². The van der Waals surface area contributed by atoms with Crippen molar-refractivity contribution in [2.24, 2.45) is 0 Å². The second-order valence-electron chi connectivity index (χ2n) is 10.3. The number of carbonyl (C=O) groups is 4. The maximum Gasteiger partial charge on any atom is 0.335 e. The number of rotatable bonds is 29. The Balaban J connectivity index is 0.966. The van der Waals surface area contributed by atoms with Gasteiger partial charge in [-0.05, 0) is 12.1 Å². The molecule has 2 heterocycles. The number of hydrogen-bond acceptors (Lipinski definition) is 16. The Morgan fingerprint density at radius 1 is 0.620 bits per heavy atom. The highest BCUT2D eigenvalue weighted by atomic mass is 16.7. The number of hydroxylamine groups is 2. The highest BCUT2D eigenvalue weighted by Crippen LogP contribution is 2.17. The first-order valence-corrected chi connectivity index (χ1v) is 16.4. The van der Waals surface area contributed by atoms with E-state index in [1.165, 1.54) is 0 Å². The molecule has 0 bridgehead atoms. The first-order chi connectivity index (χ1) is 24.5. The third kappa shape index (κ3) is 16.7. The minimum absolute atomic E-state index is 0.0523. The summed E-state index contributed by atoms with van der Waals surface area (Å²) in [6, 6.07) is 6.96. The summed E-state index contributed by atoms with van der Waals surface area (Å²) >= 11 is 0. The maximum absolute atomic E-state index is 12.3. The fourth-order valence-corrected chi connectivity index (χ4v) is 4.07. The number of aromatic nitrogens is 2. The molecular formula is C32H46N4O14. The summed E-state index contributed by atoms with van der Waals surface area (Å²) in [4.78, 5) is 59.6. The van der Waals surface area contributed by atoms with Gasteiger partial charge in [-0.15, -0.1) is 5.06 Å². The fourth-order valence-electron chi connectivity index (χ4n) is 4.07. The first-order valence-electron chi connectivity index (χ1n) is 16.4. The van der Waals surface area contributed by atoms with Crippen molar-refractivity contribution in [1.82, 2.24) is 20.3 Å². The Hall–Kier alpha value is -3.88. The van der Waals surface area contributed by atoms with Crippen molar-refractivity contribution >= 4 is 34.7 Å². The van der Waals surface area contributed by atoms with Crippen molar-refractivity contribution in [3.8, 4) is 5.88 Å². The maximum atomic E-state index is 12.3. The van der Waals surface area contributed by atoms with E-state index in [-0.39, 0.29) is 51.3 Å². The summed E-state index contributed by atoms with van der Waals surface area (Å²) in [5.41, 5.74) is 0.889. The van der Waals surface area contributed by atoms with Crippen LogP contribution in [0.3, 0.4) is 0 Å². The molecule has 2 aromatic rings. The molecule has 0 saturated carbocycles. The smallest absolute Gasteiger partial charge is 0.335 e. The number of imide groups is 1. The Bertz CT molecular complexity index is 1300. The molecule has 1 fully saturated rings. The number of fused-ring (bicyclic) bond motifs is 1. The molecule has 1 aliphatic rings. The molecule has 1 aromatic heterocycles. The van der Waals surface area contributed by atoms with Gasteiger partial charge in [0.2, 0.25) is 5.88 Å². The Morgan fingerprint density at radius 2 is 1.02 bits per heavy atom. The molecule has 1 aliphatic heterocycles. The van der Waals surface area contributed by atoms with Crippen LogP contribution in [0.25, 0.3) is 11.0 Å². The average molecular weight is 711 g/mol. The lowest BCUT2D eigenvalue weighted by Crippen LogP contribution is -2.32. The molecular weight excluding hydrogens is 664 g/mol. The Kier molecular flexibility index (Phi) is 20.4. The van der Waals surface area contributed by atoms with Gasteiger partial charge in [0.15, 0.2) is 5.69 Å². The minimum Gasteiger partial charge on any atom is -0.492 e. The number of ether oxygens (including phenoxy) is 8. The summed E-state index contributed by atoms with van der Waals surface area (Å²) < 4.78 is 43.3. The zero-order valence-corrected chi connectivity index (χ0v) is 28.0. The topological polar surface area (TPSA) is 213 Å². The van der Waals surface area contributed by atoms with Crippen LogP contribution in [0, 0.1) is 0 Å². The molecule has 18 nitrogen and oxygen atoms in total. The summed E-state index contributed by atoms with van der Waals surface area (Å²) in [5, 5.41) is 13.1. The van der Waals surface area contributed by atoms with Crippen LogP contribution in [-0.4, -0.2) is 156 Å². The van der Waals surface area contributed by atoms with Gasteiger partial charge in [-0.3, -0.25) is 14.4 Å². The van der Waals surface area contributed by atoms with E-state index in [0.717, 1.165) is 0 Å². The van der Waals surface area contributed by atoms with Crippen LogP contribution in [0.2, 0.25) is 0 Å². The first kappa shape index (κ1) is 40.5. The lowest BCUT2D eigenvalue weighted by molar-refractivity contribution is -0.198. The van der Waals surface area contributed by atoms with E-state index in [4.69, 9.17) is 42.7 Å². The SMILES string of the molecule is O=C(CCOCCOCCOCCOCCOCCOCCOCCOCCNC(=O)c1nc2ccccc2nc1O)ON1C(=O)CCC1=O. The third-order valence-electron chi connectivity index (χ3n) is 6.55. The molecule has 1 saturated heterocycles. The molecule has 278 valence electrons. The molecule has 0 atom stereocenters. The second-order valence-corrected chi connectivity index (χ2v) is 10.3. The summed E-state index contributed by atoms with van der Waals surface area (Å²) in [5.74, 6) is -2.69. The molecule has 0 radical (unpaired) electrons. The predicted octanol–water partition coefficient (Wildman–Crippen LogP) is 0.195. The van der Waals surface area contributed by atoms with Crippen molar-refractivity contribution in [3.63, 3.8) is 0 Å². The van der Waals surface area contributed by atoms with Gasteiger partial charge in [0, 0.05) is 19.4 Å². The monoisotopic (exact) mass is 710 g/mol. The number of amides is 3. The van der Waals surface area contributed by atoms with Crippen molar-refractivity contribution < 1.29 is 67.0 Å².